The Hall–Kier alpha value is -1.61. The third-order valence-electron chi connectivity index (χ3n) is 2.82. The lowest BCUT2D eigenvalue weighted by Crippen LogP contribution is -1.89. The van der Waals surface area contributed by atoms with Gasteiger partial charge in [-0.05, 0) is 43.7 Å². The van der Waals surface area contributed by atoms with E-state index in [-0.39, 0.29) is 0 Å². The topological polar surface area (TPSA) is 46.2 Å². The summed E-state index contributed by atoms with van der Waals surface area (Å²) >= 11 is 1.72. The summed E-state index contributed by atoms with van der Waals surface area (Å²) < 4.78 is 0. The molecule has 0 aliphatic rings. The van der Waals surface area contributed by atoms with E-state index in [1.54, 1.807) is 23.9 Å². The smallest absolute Gasteiger partial charge is 0.119 e. The summed E-state index contributed by atoms with van der Waals surface area (Å²) in [6.45, 7) is 4.19. The Labute approximate surface area is 112 Å². The van der Waals surface area contributed by atoms with Gasteiger partial charge in [-0.2, -0.15) is 0 Å². The molecule has 2 nitrogen and oxygen atoms in total. The highest BCUT2D eigenvalue weighted by Gasteiger charge is 2.04. The van der Waals surface area contributed by atoms with Gasteiger partial charge in [0.2, 0.25) is 0 Å². The fourth-order valence-electron chi connectivity index (χ4n) is 1.84. The molecule has 0 heterocycles. The number of phenols is 1. The summed E-state index contributed by atoms with van der Waals surface area (Å²) in [5.74, 6) is 1.03. The van der Waals surface area contributed by atoms with Crippen molar-refractivity contribution in [1.29, 1.82) is 0 Å². The molecule has 2 aromatic carbocycles. The third kappa shape index (κ3) is 2.99. The minimum Gasteiger partial charge on any atom is -0.508 e. The number of phenolic OH excluding ortho intramolecular Hbond substituents is 1. The van der Waals surface area contributed by atoms with Gasteiger partial charge < -0.3 is 10.8 Å². The van der Waals surface area contributed by atoms with E-state index in [4.69, 9.17) is 5.73 Å². The molecule has 0 fully saturated rings. The molecule has 2 aromatic rings. The Bertz CT molecular complexity index is 566. The van der Waals surface area contributed by atoms with Crippen molar-refractivity contribution < 1.29 is 5.11 Å². The van der Waals surface area contributed by atoms with Gasteiger partial charge in [0.1, 0.15) is 5.75 Å². The van der Waals surface area contributed by atoms with Crippen LogP contribution in [-0.2, 0) is 5.75 Å². The van der Waals surface area contributed by atoms with Crippen LogP contribution < -0.4 is 5.73 Å². The second kappa shape index (κ2) is 5.36. The molecule has 0 spiro atoms. The van der Waals surface area contributed by atoms with E-state index >= 15 is 0 Å². The van der Waals surface area contributed by atoms with Crippen LogP contribution in [0.5, 0.6) is 5.75 Å². The normalized spacial score (nSPS) is 10.6. The second-order valence-corrected chi connectivity index (χ2v) is 5.46. The SMILES string of the molecule is Cc1ccc(SCc2cc(N)ccc2O)c(C)c1. The summed E-state index contributed by atoms with van der Waals surface area (Å²) in [7, 11) is 0. The minimum atomic E-state index is 0.307. The van der Waals surface area contributed by atoms with Crippen molar-refractivity contribution in [2.24, 2.45) is 0 Å². The number of nitrogen functional groups attached to an aromatic ring is 1. The van der Waals surface area contributed by atoms with Crippen LogP contribution in [-0.4, -0.2) is 5.11 Å². The molecule has 94 valence electrons. The predicted octanol–water partition coefficient (Wildman–Crippen LogP) is 3.88. The van der Waals surface area contributed by atoms with Crippen LogP contribution in [0.15, 0.2) is 41.3 Å². The van der Waals surface area contributed by atoms with Gasteiger partial charge in [-0.1, -0.05) is 17.7 Å². The van der Waals surface area contributed by atoms with Crippen molar-refractivity contribution in [1.82, 2.24) is 0 Å². The Morgan fingerprint density at radius 1 is 1.11 bits per heavy atom. The number of aryl methyl sites for hydroxylation is 2. The minimum absolute atomic E-state index is 0.307. The number of anilines is 1. The standard InChI is InChI=1S/C15H17NOS/c1-10-3-6-15(11(2)7-10)18-9-12-8-13(16)4-5-14(12)17/h3-8,17H,9,16H2,1-2H3. The van der Waals surface area contributed by atoms with E-state index in [1.807, 2.05) is 6.07 Å². The number of thioether (sulfide) groups is 1. The van der Waals surface area contributed by atoms with Crippen molar-refractivity contribution in [2.45, 2.75) is 24.5 Å². The molecule has 0 saturated heterocycles. The molecule has 0 aliphatic carbocycles. The first-order chi connectivity index (χ1) is 8.56. The fraction of sp³-hybridized carbons (Fsp3) is 0.200. The van der Waals surface area contributed by atoms with E-state index in [2.05, 4.69) is 32.0 Å². The molecule has 3 N–H and O–H groups in total. The van der Waals surface area contributed by atoms with Crippen LogP contribution in [0.25, 0.3) is 0 Å². The van der Waals surface area contributed by atoms with Gasteiger partial charge in [-0.15, -0.1) is 11.8 Å². The number of hydrogen-bond donors (Lipinski definition) is 2. The largest absolute Gasteiger partial charge is 0.508 e. The Balaban J connectivity index is 2.13. The zero-order valence-corrected chi connectivity index (χ0v) is 11.4. The maximum Gasteiger partial charge on any atom is 0.119 e. The summed E-state index contributed by atoms with van der Waals surface area (Å²) in [5, 5.41) is 9.76. The molecule has 18 heavy (non-hydrogen) atoms. The average Bonchev–Trinajstić information content (AvgIpc) is 2.32. The zero-order valence-electron chi connectivity index (χ0n) is 10.6. The molecule has 0 atom stereocenters. The molecular weight excluding hydrogens is 242 g/mol. The van der Waals surface area contributed by atoms with Gasteiger partial charge in [0.05, 0.1) is 0 Å². The molecule has 0 aliphatic heterocycles. The first kappa shape index (κ1) is 12.8. The Morgan fingerprint density at radius 3 is 2.61 bits per heavy atom. The Morgan fingerprint density at radius 2 is 1.89 bits per heavy atom. The van der Waals surface area contributed by atoms with Gasteiger partial charge in [0, 0.05) is 21.9 Å². The zero-order chi connectivity index (χ0) is 13.1. The fourth-order valence-corrected chi connectivity index (χ4v) is 2.83. The van der Waals surface area contributed by atoms with E-state index in [0.717, 1.165) is 11.3 Å². The number of benzene rings is 2. The highest BCUT2D eigenvalue weighted by molar-refractivity contribution is 7.98. The van der Waals surface area contributed by atoms with Crippen LogP contribution in [0.2, 0.25) is 0 Å². The van der Waals surface area contributed by atoms with Crippen LogP contribution in [0, 0.1) is 13.8 Å². The first-order valence-electron chi connectivity index (χ1n) is 5.83. The third-order valence-corrected chi connectivity index (χ3v) is 4.04. The molecule has 0 bridgehead atoms. The van der Waals surface area contributed by atoms with Crippen LogP contribution >= 0.6 is 11.8 Å². The molecule has 3 heteroatoms. The summed E-state index contributed by atoms with van der Waals surface area (Å²) in [4.78, 5) is 1.24. The van der Waals surface area contributed by atoms with Gasteiger partial charge in [-0.25, -0.2) is 0 Å². The van der Waals surface area contributed by atoms with Crippen molar-refractivity contribution in [3.8, 4) is 5.75 Å². The molecule has 2 rings (SSSR count). The molecule has 0 aromatic heterocycles. The summed E-state index contributed by atoms with van der Waals surface area (Å²) in [5.41, 5.74) is 9.82. The number of aromatic hydroxyl groups is 1. The predicted molar refractivity (Wildman–Crippen MR) is 78.0 cm³/mol. The lowest BCUT2D eigenvalue weighted by molar-refractivity contribution is 0.471. The van der Waals surface area contributed by atoms with Crippen molar-refractivity contribution in [3.05, 3.63) is 53.1 Å². The van der Waals surface area contributed by atoms with Gasteiger partial charge in [0.25, 0.3) is 0 Å². The van der Waals surface area contributed by atoms with E-state index in [1.165, 1.54) is 16.0 Å². The highest BCUT2D eigenvalue weighted by Crippen LogP contribution is 2.30. The van der Waals surface area contributed by atoms with Gasteiger partial charge >= 0.3 is 0 Å². The van der Waals surface area contributed by atoms with E-state index < -0.39 is 0 Å². The van der Waals surface area contributed by atoms with Gasteiger partial charge in [0.15, 0.2) is 0 Å². The van der Waals surface area contributed by atoms with E-state index in [9.17, 15) is 5.11 Å². The van der Waals surface area contributed by atoms with Gasteiger partial charge in [-0.3, -0.25) is 0 Å². The molecule has 0 radical (unpaired) electrons. The molecule has 0 unspecified atom stereocenters. The first-order valence-corrected chi connectivity index (χ1v) is 6.82. The van der Waals surface area contributed by atoms with E-state index in [0.29, 0.717) is 11.4 Å². The summed E-state index contributed by atoms with van der Waals surface area (Å²) in [6, 6.07) is 11.6. The van der Waals surface area contributed by atoms with Crippen molar-refractivity contribution in [2.75, 3.05) is 5.73 Å². The number of hydrogen-bond acceptors (Lipinski definition) is 3. The number of nitrogens with two attached hydrogens (primary N) is 1. The monoisotopic (exact) mass is 259 g/mol. The lowest BCUT2D eigenvalue weighted by atomic mass is 10.2. The van der Waals surface area contributed by atoms with Crippen molar-refractivity contribution in [3.63, 3.8) is 0 Å². The molecule has 0 amide bonds. The molecule has 0 saturated carbocycles. The maximum absolute atomic E-state index is 9.76. The van der Waals surface area contributed by atoms with Crippen LogP contribution in [0.3, 0.4) is 0 Å². The Kier molecular flexibility index (Phi) is 3.82. The molecular formula is C15H17NOS. The quantitative estimate of drug-likeness (QED) is 0.499. The highest BCUT2D eigenvalue weighted by atomic mass is 32.2. The number of rotatable bonds is 3. The average molecular weight is 259 g/mol. The maximum atomic E-state index is 9.76. The lowest BCUT2D eigenvalue weighted by Gasteiger charge is -2.08. The second-order valence-electron chi connectivity index (χ2n) is 4.45. The van der Waals surface area contributed by atoms with Crippen molar-refractivity contribution >= 4 is 17.4 Å². The summed E-state index contributed by atoms with van der Waals surface area (Å²) in [6.07, 6.45) is 0. The van der Waals surface area contributed by atoms with Crippen LogP contribution in [0.4, 0.5) is 5.69 Å². The van der Waals surface area contributed by atoms with Crippen LogP contribution in [0.1, 0.15) is 16.7 Å².